The van der Waals surface area contributed by atoms with Crippen molar-refractivity contribution in [1.82, 2.24) is 10.2 Å². The Bertz CT molecular complexity index is 523. The number of nitrogens with one attached hydrogen (secondary N) is 1. The predicted octanol–water partition coefficient (Wildman–Crippen LogP) is 1.09. The molecule has 0 aromatic heterocycles. The summed E-state index contributed by atoms with van der Waals surface area (Å²) in [7, 11) is 0. The molecular formula is C18H26N2O4. The van der Waals surface area contributed by atoms with Crippen LogP contribution in [0.5, 0.6) is 0 Å². The highest BCUT2D eigenvalue weighted by molar-refractivity contribution is 5.81. The fraction of sp³-hybridized carbons (Fsp3) is 0.556. The summed E-state index contributed by atoms with van der Waals surface area (Å²) in [6.45, 7) is 4.21. The number of nitrogens with zero attached hydrogens (tertiary/aromatic N) is 1. The van der Waals surface area contributed by atoms with Crippen LogP contribution in [-0.4, -0.2) is 52.7 Å². The fourth-order valence-electron chi connectivity index (χ4n) is 3.72. The van der Waals surface area contributed by atoms with Gasteiger partial charge in [0, 0.05) is 19.6 Å². The van der Waals surface area contributed by atoms with Crippen LogP contribution in [0, 0.1) is 11.8 Å². The van der Waals surface area contributed by atoms with Gasteiger partial charge in [0.1, 0.15) is 0 Å². The van der Waals surface area contributed by atoms with E-state index in [9.17, 15) is 9.90 Å². The highest BCUT2D eigenvalue weighted by atomic mass is 16.3. The number of benzene rings is 1. The third-order valence-corrected chi connectivity index (χ3v) is 4.99. The average molecular weight is 334 g/mol. The minimum Gasteiger partial charge on any atom is -0.483 e. The van der Waals surface area contributed by atoms with Gasteiger partial charge in [0.15, 0.2) is 0 Å². The standard InChI is InChI=1S/C17H24N2O2.CH2O2/c1-12(17(21)18-9-13-5-3-2-4-6-13)19-10-14-7-16(20)8-15(14)11-19;2-1-3/h2-6,12,14-16,20H,7-11H2,1H3,(H,18,21);1H,(H,2,3)/t12?,14-,15+,16?;. The van der Waals surface area contributed by atoms with E-state index in [2.05, 4.69) is 10.2 Å². The van der Waals surface area contributed by atoms with Gasteiger partial charge in [0.2, 0.25) is 5.91 Å². The van der Waals surface area contributed by atoms with Gasteiger partial charge >= 0.3 is 0 Å². The summed E-state index contributed by atoms with van der Waals surface area (Å²) in [4.78, 5) is 22.9. The van der Waals surface area contributed by atoms with E-state index in [1.165, 1.54) is 0 Å². The van der Waals surface area contributed by atoms with Crippen molar-refractivity contribution in [2.24, 2.45) is 11.8 Å². The molecule has 4 atom stereocenters. The first kappa shape index (κ1) is 18.4. The van der Waals surface area contributed by atoms with E-state index >= 15 is 0 Å². The number of amides is 1. The first-order valence-corrected chi connectivity index (χ1v) is 8.36. The Morgan fingerprint density at radius 2 is 1.83 bits per heavy atom. The molecule has 6 heteroatoms. The Morgan fingerprint density at radius 3 is 2.38 bits per heavy atom. The van der Waals surface area contributed by atoms with Gasteiger partial charge < -0.3 is 15.5 Å². The number of aliphatic hydroxyl groups is 1. The number of rotatable bonds is 4. The van der Waals surface area contributed by atoms with Crippen LogP contribution >= 0.6 is 0 Å². The van der Waals surface area contributed by atoms with Gasteiger partial charge in [-0.1, -0.05) is 30.3 Å². The van der Waals surface area contributed by atoms with Crippen LogP contribution in [0.15, 0.2) is 30.3 Å². The van der Waals surface area contributed by atoms with E-state index in [-0.39, 0.29) is 24.5 Å². The van der Waals surface area contributed by atoms with E-state index in [1.54, 1.807) is 0 Å². The molecule has 6 nitrogen and oxygen atoms in total. The zero-order valence-corrected chi connectivity index (χ0v) is 14.0. The molecule has 1 heterocycles. The monoisotopic (exact) mass is 334 g/mol. The van der Waals surface area contributed by atoms with Gasteiger partial charge in [-0.25, -0.2) is 0 Å². The molecule has 1 aliphatic carbocycles. The lowest BCUT2D eigenvalue weighted by molar-refractivity contribution is -0.126. The van der Waals surface area contributed by atoms with Gasteiger partial charge in [-0.15, -0.1) is 0 Å². The van der Waals surface area contributed by atoms with Crippen molar-refractivity contribution in [1.29, 1.82) is 0 Å². The van der Waals surface area contributed by atoms with Crippen molar-refractivity contribution < 1.29 is 19.8 Å². The maximum absolute atomic E-state index is 12.3. The highest BCUT2D eigenvalue weighted by Crippen LogP contribution is 2.38. The number of hydrogen-bond donors (Lipinski definition) is 3. The largest absolute Gasteiger partial charge is 0.483 e. The number of carbonyl (C=O) groups excluding carboxylic acids is 1. The van der Waals surface area contributed by atoms with E-state index in [0.717, 1.165) is 31.5 Å². The molecule has 0 radical (unpaired) electrons. The van der Waals surface area contributed by atoms with Crippen LogP contribution in [0.4, 0.5) is 0 Å². The molecule has 1 saturated heterocycles. The summed E-state index contributed by atoms with van der Waals surface area (Å²) in [6, 6.07) is 9.90. The molecule has 1 aliphatic heterocycles. The van der Waals surface area contributed by atoms with E-state index in [4.69, 9.17) is 9.90 Å². The Hall–Kier alpha value is -1.92. The lowest BCUT2D eigenvalue weighted by atomic mass is 10.0. The van der Waals surface area contributed by atoms with Crippen molar-refractivity contribution in [2.75, 3.05) is 13.1 Å². The summed E-state index contributed by atoms with van der Waals surface area (Å²) in [6.07, 6.45) is 1.68. The SMILES string of the molecule is CC(C(=O)NCc1ccccc1)N1C[C@H]2CC(O)C[C@H]2C1.O=CO. The third kappa shape index (κ3) is 4.79. The minimum atomic E-state index is -0.250. The van der Waals surface area contributed by atoms with Crippen molar-refractivity contribution >= 4 is 12.4 Å². The van der Waals surface area contributed by atoms with Crippen LogP contribution < -0.4 is 5.32 Å². The smallest absolute Gasteiger partial charge is 0.290 e. The van der Waals surface area contributed by atoms with Crippen LogP contribution in [0.3, 0.4) is 0 Å². The average Bonchev–Trinajstić information content (AvgIpc) is 3.11. The molecule has 2 unspecified atom stereocenters. The molecule has 2 fully saturated rings. The summed E-state index contributed by atoms with van der Waals surface area (Å²) in [5, 5.41) is 19.6. The maximum Gasteiger partial charge on any atom is 0.290 e. The molecule has 2 aliphatic rings. The topological polar surface area (TPSA) is 89.9 Å². The predicted molar refractivity (Wildman–Crippen MR) is 90.2 cm³/mol. The molecule has 1 aromatic rings. The molecule has 0 spiro atoms. The second-order valence-corrected chi connectivity index (χ2v) is 6.58. The Labute approximate surface area is 142 Å². The first-order chi connectivity index (χ1) is 11.5. The van der Waals surface area contributed by atoms with Gasteiger partial charge in [-0.05, 0) is 37.2 Å². The van der Waals surface area contributed by atoms with E-state index in [1.807, 2.05) is 37.3 Å². The highest BCUT2D eigenvalue weighted by Gasteiger charge is 2.42. The molecule has 3 N–H and O–H groups in total. The van der Waals surface area contributed by atoms with Crippen molar-refractivity contribution in [3.8, 4) is 0 Å². The molecule has 1 aromatic carbocycles. The second kappa shape index (κ2) is 8.80. The van der Waals surface area contributed by atoms with Gasteiger partial charge in [-0.3, -0.25) is 14.5 Å². The quantitative estimate of drug-likeness (QED) is 0.717. The molecule has 1 saturated carbocycles. The Morgan fingerprint density at radius 1 is 1.29 bits per heavy atom. The van der Waals surface area contributed by atoms with Gasteiger partial charge in [0.05, 0.1) is 12.1 Å². The summed E-state index contributed by atoms with van der Waals surface area (Å²) < 4.78 is 0. The molecular weight excluding hydrogens is 308 g/mol. The van der Waals surface area contributed by atoms with Crippen molar-refractivity contribution in [3.63, 3.8) is 0 Å². The van der Waals surface area contributed by atoms with Crippen LogP contribution in [0.25, 0.3) is 0 Å². The van der Waals surface area contributed by atoms with Crippen LogP contribution in [-0.2, 0) is 16.1 Å². The zero-order chi connectivity index (χ0) is 17.5. The molecule has 132 valence electrons. The summed E-state index contributed by atoms with van der Waals surface area (Å²) in [5.74, 6) is 1.24. The molecule has 24 heavy (non-hydrogen) atoms. The van der Waals surface area contributed by atoms with E-state index in [0.29, 0.717) is 18.4 Å². The number of hydrogen-bond acceptors (Lipinski definition) is 4. The number of fused-ring (bicyclic) bond motifs is 1. The number of carboxylic acid groups (broad SMARTS) is 1. The van der Waals surface area contributed by atoms with Gasteiger partial charge in [0.25, 0.3) is 6.47 Å². The molecule has 1 amide bonds. The third-order valence-electron chi connectivity index (χ3n) is 4.99. The number of aliphatic hydroxyl groups excluding tert-OH is 1. The van der Waals surface area contributed by atoms with E-state index < -0.39 is 0 Å². The number of likely N-dealkylation sites (tertiary alicyclic amines) is 1. The zero-order valence-electron chi connectivity index (χ0n) is 14.0. The second-order valence-electron chi connectivity index (χ2n) is 6.58. The minimum absolute atomic E-state index is 0.0866. The number of carbonyl (C=O) groups is 2. The molecule has 3 rings (SSSR count). The van der Waals surface area contributed by atoms with Gasteiger partial charge in [-0.2, -0.15) is 0 Å². The Kier molecular flexibility index (Phi) is 6.75. The fourth-order valence-corrected chi connectivity index (χ4v) is 3.72. The lowest BCUT2D eigenvalue weighted by Crippen LogP contribution is -2.44. The normalized spacial score (nSPS) is 26.8. The Balaban J connectivity index is 0.000000647. The lowest BCUT2D eigenvalue weighted by Gasteiger charge is -2.24. The first-order valence-electron chi connectivity index (χ1n) is 8.36. The van der Waals surface area contributed by atoms with Crippen molar-refractivity contribution in [2.45, 2.75) is 38.5 Å². The van der Waals surface area contributed by atoms with Crippen LogP contribution in [0.1, 0.15) is 25.3 Å². The summed E-state index contributed by atoms with van der Waals surface area (Å²) in [5.41, 5.74) is 1.12. The molecule has 0 bridgehead atoms. The van der Waals surface area contributed by atoms with Crippen molar-refractivity contribution in [3.05, 3.63) is 35.9 Å². The maximum atomic E-state index is 12.3. The van der Waals surface area contributed by atoms with Crippen LogP contribution in [0.2, 0.25) is 0 Å². The summed E-state index contributed by atoms with van der Waals surface area (Å²) >= 11 is 0.